The molecule has 0 N–H and O–H groups in total. The van der Waals surface area contributed by atoms with Crippen molar-refractivity contribution in [1.82, 2.24) is 4.90 Å². The standard InChI is InChI=1S/C10H13Cl2N3OS/c1-17-10-13-8(11)7(9(12)14-10)15-3-6-2-5(15)4-16-6/h5-7,10H,2-4H2,1H3/t5-,6-,7?,10?/m0/s1. The monoisotopic (exact) mass is 293 g/mol. The maximum Gasteiger partial charge on any atom is 0.189 e. The van der Waals surface area contributed by atoms with Crippen molar-refractivity contribution in [3.05, 3.63) is 0 Å². The lowest BCUT2D eigenvalue weighted by molar-refractivity contribution is 0.0312. The van der Waals surface area contributed by atoms with Crippen LogP contribution in [0.15, 0.2) is 9.98 Å². The minimum Gasteiger partial charge on any atom is -0.375 e. The summed E-state index contributed by atoms with van der Waals surface area (Å²) in [6.45, 7) is 1.64. The van der Waals surface area contributed by atoms with Gasteiger partial charge in [0.15, 0.2) is 5.50 Å². The average molecular weight is 294 g/mol. The van der Waals surface area contributed by atoms with Crippen LogP contribution in [0, 0.1) is 0 Å². The first kappa shape index (κ1) is 12.2. The zero-order valence-corrected chi connectivity index (χ0v) is 11.7. The topological polar surface area (TPSA) is 37.2 Å². The number of likely N-dealkylation sites (tertiary alicyclic amines) is 1. The molecule has 0 unspecified atom stereocenters. The molecule has 94 valence electrons. The summed E-state index contributed by atoms with van der Waals surface area (Å²) in [5.41, 5.74) is -0.192. The molecule has 0 aromatic rings. The molecule has 0 aliphatic carbocycles. The Bertz CT molecular complexity index is 370. The second-order valence-electron chi connectivity index (χ2n) is 4.41. The Balaban J connectivity index is 1.82. The number of morpholine rings is 1. The van der Waals surface area contributed by atoms with Crippen molar-refractivity contribution in [2.24, 2.45) is 9.98 Å². The fourth-order valence-corrected chi connectivity index (χ4v) is 3.86. The molecule has 0 aromatic heterocycles. The fraction of sp³-hybridized carbons (Fsp3) is 0.800. The highest BCUT2D eigenvalue weighted by atomic mass is 35.5. The van der Waals surface area contributed by atoms with E-state index in [1.54, 1.807) is 0 Å². The van der Waals surface area contributed by atoms with Crippen LogP contribution >= 0.6 is 35.0 Å². The fourth-order valence-electron chi connectivity index (χ4n) is 2.60. The Kier molecular flexibility index (Phi) is 3.38. The predicted molar refractivity (Wildman–Crippen MR) is 72.5 cm³/mol. The van der Waals surface area contributed by atoms with Gasteiger partial charge in [-0.1, -0.05) is 23.2 Å². The van der Waals surface area contributed by atoms with Crippen LogP contribution in [0.1, 0.15) is 6.42 Å². The molecule has 0 saturated carbocycles. The number of hydrogen-bond donors (Lipinski definition) is 0. The molecule has 0 radical (unpaired) electrons. The zero-order valence-electron chi connectivity index (χ0n) is 9.34. The summed E-state index contributed by atoms with van der Waals surface area (Å²) in [5.74, 6) is 0. The van der Waals surface area contributed by atoms with Gasteiger partial charge >= 0.3 is 0 Å². The number of hydrogen-bond acceptors (Lipinski definition) is 5. The third-order valence-corrected chi connectivity index (χ3v) is 4.65. The van der Waals surface area contributed by atoms with Crippen LogP contribution in [0.2, 0.25) is 0 Å². The molecule has 2 atom stereocenters. The van der Waals surface area contributed by atoms with Crippen LogP contribution in [-0.2, 0) is 4.74 Å². The van der Waals surface area contributed by atoms with Crippen molar-refractivity contribution in [2.75, 3.05) is 19.4 Å². The van der Waals surface area contributed by atoms with Crippen molar-refractivity contribution < 1.29 is 4.74 Å². The number of ether oxygens (including phenoxy) is 1. The Morgan fingerprint density at radius 3 is 2.53 bits per heavy atom. The number of rotatable bonds is 2. The molecule has 3 aliphatic heterocycles. The molecule has 3 aliphatic rings. The zero-order chi connectivity index (χ0) is 12.0. The highest BCUT2D eigenvalue weighted by Crippen LogP contribution is 2.33. The van der Waals surface area contributed by atoms with Gasteiger partial charge in [-0.15, -0.1) is 11.8 Å². The molecule has 4 nitrogen and oxygen atoms in total. The quantitative estimate of drug-likeness (QED) is 0.779. The third kappa shape index (κ3) is 2.12. The molecule has 0 aromatic carbocycles. The summed E-state index contributed by atoms with van der Waals surface area (Å²) < 4.78 is 5.57. The van der Waals surface area contributed by atoms with Crippen molar-refractivity contribution >= 4 is 45.3 Å². The molecule has 2 fully saturated rings. The first-order valence-corrected chi connectivity index (χ1v) is 7.60. The summed E-state index contributed by atoms with van der Waals surface area (Å²) in [5, 5.41) is 1.11. The van der Waals surface area contributed by atoms with Gasteiger partial charge in [0, 0.05) is 12.6 Å². The summed E-state index contributed by atoms with van der Waals surface area (Å²) in [6.07, 6.45) is 3.33. The van der Waals surface area contributed by atoms with Crippen LogP contribution < -0.4 is 0 Å². The predicted octanol–water partition coefficient (Wildman–Crippen LogP) is 1.76. The highest BCUT2D eigenvalue weighted by Gasteiger charge is 2.45. The molecule has 7 heteroatoms. The summed E-state index contributed by atoms with van der Waals surface area (Å²) in [4.78, 5) is 11.0. The Morgan fingerprint density at radius 2 is 2.06 bits per heavy atom. The van der Waals surface area contributed by atoms with E-state index in [1.807, 2.05) is 6.26 Å². The first-order chi connectivity index (χ1) is 8.19. The van der Waals surface area contributed by atoms with Crippen molar-refractivity contribution in [3.8, 4) is 0 Å². The lowest BCUT2D eigenvalue weighted by atomic mass is 10.2. The van der Waals surface area contributed by atoms with E-state index in [9.17, 15) is 0 Å². The van der Waals surface area contributed by atoms with Crippen molar-refractivity contribution in [2.45, 2.75) is 30.1 Å². The van der Waals surface area contributed by atoms with Crippen LogP contribution in [-0.4, -0.2) is 58.3 Å². The molecular formula is C10H13Cl2N3OS. The second-order valence-corrected chi connectivity index (χ2v) is 6.08. The Hall–Kier alpha value is 0.190. The lowest BCUT2D eigenvalue weighted by Gasteiger charge is -2.34. The number of fused-ring (bicyclic) bond motifs is 2. The first-order valence-electron chi connectivity index (χ1n) is 5.55. The molecule has 17 heavy (non-hydrogen) atoms. The van der Waals surface area contributed by atoms with Crippen molar-refractivity contribution in [3.63, 3.8) is 0 Å². The number of halogens is 2. The minimum atomic E-state index is -0.192. The molecule has 3 heterocycles. The van der Waals surface area contributed by atoms with Crippen molar-refractivity contribution in [1.29, 1.82) is 0 Å². The third-order valence-electron chi connectivity index (χ3n) is 3.40. The average Bonchev–Trinajstić information content (AvgIpc) is 2.90. The smallest absolute Gasteiger partial charge is 0.189 e. The number of nitrogens with zero attached hydrogens (tertiary/aromatic N) is 3. The van der Waals surface area contributed by atoms with Gasteiger partial charge in [-0.3, -0.25) is 4.90 Å². The summed E-state index contributed by atoms with van der Waals surface area (Å²) in [6, 6.07) is 0.254. The van der Waals surface area contributed by atoms with Gasteiger partial charge in [-0.25, -0.2) is 9.98 Å². The maximum absolute atomic E-state index is 6.26. The van der Waals surface area contributed by atoms with Gasteiger partial charge in [-0.05, 0) is 12.7 Å². The molecule has 0 spiro atoms. The van der Waals surface area contributed by atoms with Crippen LogP contribution in [0.25, 0.3) is 0 Å². The summed E-state index contributed by atoms with van der Waals surface area (Å²) >= 11 is 14.0. The largest absolute Gasteiger partial charge is 0.375 e. The van der Waals surface area contributed by atoms with E-state index in [0.29, 0.717) is 22.5 Å². The van der Waals surface area contributed by atoms with Crippen LogP contribution in [0.3, 0.4) is 0 Å². The van der Waals surface area contributed by atoms with E-state index in [2.05, 4.69) is 14.9 Å². The van der Waals surface area contributed by atoms with Gasteiger partial charge in [0.1, 0.15) is 16.4 Å². The Labute approximate surface area is 114 Å². The van der Waals surface area contributed by atoms with Gasteiger partial charge in [0.25, 0.3) is 0 Å². The van der Waals surface area contributed by atoms with Gasteiger partial charge in [0.2, 0.25) is 0 Å². The highest BCUT2D eigenvalue weighted by molar-refractivity contribution is 7.99. The molecular weight excluding hydrogens is 281 g/mol. The molecule has 2 bridgehead atoms. The lowest BCUT2D eigenvalue weighted by Crippen LogP contribution is -2.51. The van der Waals surface area contributed by atoms with Gasteiger partial charge in [-0.2, -0.15) is 0 Å². The second kappa shape index (κ2) is 4.70. The minimum absolute atomic E-state index is 0.152. The maximum atomic E-state index is 6.26. The van der Waals surface area contributed by atoms with E-state index < -0.39 is 0 Å². The van der Waals surface area contributed by atoms with Gasteiger partial charge < -0.3 is 4.74 Å². The normalized spacial score (nSPS) is 41.6. The number of thioether (sulfide) groups is 1. The van der Waals surface area contributed by atoms with E-state index in [1.165, 1.54) is 11.8 Å². The number of aliphatic imine (C=N–C) groups is 2. The Morgan fingerprint density at radius 1 is 1.35 bits per heavy atom. The molecule has 3 rings (SSSR count). The van der Waals surface area contributed by atoms with Gasteiger partial charge in [0.05, 0.1) is 12.7 Å². The van der Waals surface area contributed by atoms with E-state index in [0.717, 1.165) is 19.6 Å². The van der Waals surface area contributed by atoms with Crippen LogP contribution in [0.4, 0.5) is 0 Å². The molecule has 0 amide bonds. The van der Waals surface area contributed by atoms with Crippen LogP contribution in [0.5, 0.6) is 0 Å². The van der Waals surface area contributed by atoms with E-state index in [-0.39, 0.29) is 11.5 Å². The SMILES string of the molecule is CSC1N=C(Cl)C(N2C[C@@H]3C[C@H]2CO3)C(Cl)=N1. The van der Waals surface area contributed by atoms with E-state index in [4.69, 9.17) is 27.9 Å². The summed E-state index contributed by atoms with van der Waals surface area (Å²) in [7, 11) is 0. The van der Waals surface area contributed by atoms with E-state index >= 15 is 0 Å². The molecule has 2 saturated heterocycles.